The lowest BCUT2D eigenvalue weighted by molar-refractivity contribution is 0.437. The van der Waals surface area contributed by atoms with E-state index in [-0.39, 0.29) is 6.04 Å². The molecule has 5 nitrogen and oxygen atoms in total. The minimum atomic E-state index is -3.30. The summed E-state index contributed by atoms with van der Waals surface area (Å²) in [5.74, 6) is 0. The molecular weight excluding hydrogens is 178 g/mol. The van der Waals surface area contributed by atoms with Gasteiger partial charge in [0.15, 0.2) is 0 Å². The first kappa shape index (κ1) is 11.8. The van der Waals surface area contributed by atoms with Crippen LogP contribution in [0.4, 0.5) is 0 Å². The van der Waals surface area contributed by atoms with Crippen molar-refractivity contribution in [1.29, 1.82) is 0 Å². The Bertz CT molecular complexity index is 213. The first-order valence-corrected chi connectivity index (χ1v) is 5.30. The van der Waals surface area contributed by atoms with E-state index >= 15 is 0 Å². The largest absolute Gasteiger partial charge is 0.327 e. The van der Waals surface area contributed by atoms with Gasteiger partial charge in [-0.15, -0.1) is 0 Å². The Morgan fingerprint density at radius 3 is 2.42 bits per heavy atom. The van der Waals surface area contributed by atoms with Gasteiger partial charge in [0.2, 0.25) is 0 Å². The maximum atomic E-state index is 11.2. The fraction of sp³-hybridized carbons (Fsp3) is 1.00. The van der Waals surface area contributed by atoms with Gasteiger partial charge in [0.25, 0.3) is 10.2 Å². The monoisotopic (exact) mass is 195 g/mol. The minimum Gasteiger partial charge on any atom is -0.327 e. The van der Waals surface area contributed by atoms with Crippen LogP contribution < -0.4 is 10.5 Å². The molecule has 0 spiro atoms. The van der Waals surface area contributed by atoms with Crippen LogP contribution in [0.5, 0.6) is 0 Å². The predicted octanol–water partition coefficient (Wildman–Crippen LogP) is -0.880. The molecule has 3 N–H and O–H groups in total. The molecule has 1 unspecified atom stereocenters. The van der Waals surface area contributed by atoms with Crippen molar-refractivity contribution in [2.24, 2.45) is 5.73 Å². The van der Waals surface area contributed by atoms with Crippen LogP contribution in [0.3, 0.4) is 0 Å². The molecule has 0 aromatic rings. The summed E-state index contributed by atoms with van der Waals surface area (Å²) >= 11 is 0. The molecule has 0 aromatic carbocycles. The quantitative estimate of drug-likeness (QED) is 0.598. The molecule has 0 amide bonds. The van der Waals surface area contributed by atoms with Crippen LogP contribution in [0.15, 0.2) is 0 Å². The molecule has 74 valence electrons. The van der Waals surface area contributed by atoms with Crippen molar-refractivity contribution in [1.82, 2.24) is 9.03 Å². The maximum absolute atomic E-state index is 11.2. The van der Waals surface area contributed by atoms with Crippen molar-refractivity contribution in [2.75, 3.05) is 20.1 Å². The van der Waals surface area contributed by atoms with Crippen LogP contribution in [-0.2, 0) is 10.2 Å². The molecular formula is C6H17N3O2S. The zero-order chi connectivity index (χ0) is 9.78. The second kappa shape index (κ2) is 4.76. The van der Waals surface area contributed by atoms with Crippen LogP contribution in [0.2, 0.25) is 0 Å². The Balaban J connectivity index is 4.16. The second-order valence-corrected chi connectivity index (χ2v) is 4.62. The van der Waals surface area contributed by atoms with Crippen LogP contribution in [0, 0.1) is 0 Å². The van der Waals surface area contributed by atoms with E-state index in [1.807, 2.05) is 0 Å². The van der Waals surface area contributed by atoms with Gasteiger partial charge in [0, 0.05) is 26.2 Å². The molecule has 0 aliphatic rings. The fourth-order valence-corrected chi connectivity index (χ4v) is 1.81. The summed E-state index contributed by atoms with van der Waals surface area (Å²) in [6.45, 7) is 4.22. The van der Waals surface area contributed by atoms with Gasteiger partial charge in [0.1, 0.15) is 0 Å². The number of hydrogen-bond donors (Lipinski definition) is 2. The lowest BCUT2D eigenvalue weighted by Crippen LogP contribution is -2.43. The molecule has 0 saturated carbocycles. The summed E-state index contributed by atoms with van der Waals surface area (Å²) in [6, 6.07) is -0.150. The van der Waals surface area contributed by atoms with Crippen LogP contribution >= 0.6 is 0 Å². The Morgan fingerprint density at radius 1 is 1.58 bits per heavy atom. The summed E-state index contributed by atoms with van der Waals surface area (Å²) in [4.78, 5) is 0. The summed E-state index contributed by atoms with van der Waals surface area (Å²) in [7, 11) is -1.80. The molecule has 0 saturated heterocycles. The van der Waals surface area contributed by atoms with Crippen molar-refractivity contribution >= 4 is 10.2 Å². The SMILES string of the molecule is CCNS(=O)(=O)N(C)CC(C)N. The molecule has 0 aliphatic carbocycles. The first-order chi connectivity index (χ1) is 5.40. The molecule has 1 atom stereocenters. The molecule has 0 fully saturated rings. The van der Waals surface area contributed by atoms with E-state index in [1.54, 1.807) is 13.8 Å². The third-order valence-electron chi connectivity index (χ3n) is 1.28. The minimum absolute atomic E-state index is 0.150. The van der Waals surface area contributed by atoms with Crippen LogP contribution in [0.25, 0.3) is 0 Å². The lowest BCUT2D eigenvalue weighted by Gasteiger charge is -2.18. The second-order valence-electron chi connectivity index (χ2n) is 2.76. The van der Waals surface area contributed by atoms with Crippen molar-refractivity contribution < 1.29 is 8.42 Å². The van der Waals surface area contributed by atoms with Crippen LogP contribution in [0.1, 0.15) is 13.8 Å². The molecule has 0 radical (unpaired) electrons. The predicted molar refractivity (Wildman–Crippen MR) is 48.9 cm³/mol. The van der Waals surface area contributed by atoms with E-state index in [9.17, 15) is 8.42 Å². The van der Waals surface area contributed by atoms with Crippen molar-refractivity contribution in [3.05, 3.63) is 0 Å². The Labute approximate surface area is 74.1 Å². The molecule has 6 heteroatoms. The molecule has 0 aromatic heterocycles. The average molecular weight is 195 g/mol. The first-order valence-electron chi connectivity index (χ1n) is 3.86. The highest BCUT2D eigenvalue weighted by Gasteiger charge is 2.16. The third kappa shape index (κ3) is 4.01. The fourth-order valence-electron chi connectivity index (χ4n) is 0.796. The molecule has 0 aliphatic heterocycles. The highest BCUT2D eigenvalue weighted by molar-refractivity contribution is 7.87. The number of nitrogens with zero attached hydrogens (tertiary/aromatic N) is 1. The summed E-state index contributed by atoms with van der Waals surface area (Å²) < 4.78 is 26.0. The van der Waals surface area contributed by atoms with Crippen LogP contribution in [-0.4, -0.2) is 38.9 Å². The molecule has 0 bridgehead atoms. The zero-order valence-electron chi connectivity index (χ0n) is 7.74. The number of nitrogens with one attached hydrogen (secondary N) is 1. The smallest absolute Gasteiger partial charge is 0.279 e. The standard InChI is InChI=1S/C6H17N3O2S/c1-4-8-12(10,11)9(3)5-6(2)7/h6,8H,4-5,7H2,1-3H3. The van der Waals surface area contributed by atoms with Crippen molar-refractivity contribution in [2.45, 2.75) is 19.9 Å². The van der Waals surface area contributed by atoms with Gasteiger partial charge in [-0.3, -0.25) is 0 Å². The van der Waals surface area contributed by atoms with E-state index in [2.05, 4.69) is 4.72 Å². The Hall–Kier alpha value is -0.170. The third-order valence-corrected chi connectivity index (χ3v) is 2.91. The number of likely N-dealkylation sites (N-methyl/N-ethyl adjacent to an activating group) is 1. The van der Waals surface area contributed by atoms with E-state index in [1.165, 1.54) is 11.4 Å². The summed E-state index contributed by atoms with van der Waals surface area (Å²) in [6.07, 6.45) is 0. The van der Waals surface area contributed by atoms with Gasteiger partial charge in [0.05, 0.1) is 0 Å². The van der Waals surface area contributed by atoms with E-state index < -0.39 is 10.2 Å². The van der Waals surface area contributed by atoms with Crippen molar-refractivity contribution in [3.8, 4) is 0 Å². The van der Waals surface area contributed by atoms with Gasteiger partial charge in [-0.1, -0.05) is 6.92 Å². The van der Waals surface area contributed by atoms with Gasteiger partial charge >= 0.3 is 0 Å². The Kier molecular flexibility index (Phi) is 4.69. The van der Waals surface area contributed by atoms with E-state index in [4.69, 9.17) is 5.73 Å². The number of hydrogen-bond acceptors (Lipinski definition) is 3. The number of rotatable bonds is 5. The van der Waals surface area contributed by atoms with Gasteiger partial charge in [-0.2, -0.15) is 12.7 Å². The highest BCUT2D eigenvalue weighted by Crippen LogP contribution is 1.93. The zero-order valence-corrected chi connectivity index (χ0v) is 8.56. The van der Waals surface area contributed by atoms with Gasteiger partial charge < -0.3 is 5.73 Å². The van der Waals surface area contributed by atoms with Crippen molar-refractivity contribution in [3.63, 3.8) is 0 Å². The summed E-state index contributed by atoms with van der Waals surface area (Å²) in [5.41, 5.74) is 5.45. The highest BCUT2D eigenvalue weighted by atomic mass is 32.2. The number of nitrogens with two attached hydrogens (primary N) is 1. The Morgan fingerprint density at radius 2 is 2.08 bits per heavy atom. The lowest BCUT2D eigenvalue weighted by atomic mass is 10.4. The van der Waals surface area contributed by atoms with Gasteiger partial charge in [-0.25, -0.2) is 4.72 Å². The molecule has 0 rings (SSSR count). The summed E-state index contributed by atoms with van der Waals surface area (Å²) in [5, 5.41) is 0. The maximum Gasteiger partial charge on any atom is 0.279 e. The van der Waals surface area contributed by atoms with E-state index in [0.717, 1.165) is 0 Å². The topological polar surface area (TPSA) is 75.4 Å². The molecule has 0 heterocycles. The normalized spacial score (nSPS) is 15.1. The molecule has 12 heavy (non-hydrogen) atoms. The van der Waals surface area contributed by atoms with Gasteiger partial charge in [-0.05, 0) is 6.92 Å². The van der Waals surface area contributed by atoms with E-state index in [0.29, 0.717) is 13.1 Å². The average Bonchev–Trinajstić information content (AvgIpc) is 1.85.